The molecule has 0 saturated carbocycles. The Morgan fingerprint density at radius 3 is 2.06 bits per heavy atom. The van der Waals surface area contributed by atoms with Crippen LogP contribution in [0.1, 0.15) is 48.0 Å². The lowest BCUT2D eigenvalue weighted by molar-refractivity contribution is -0.155. The van der Waals surface area contributed by atoms with Gasteiger partial charge in [-0.05, 0) is 33.2 Å². The van der Waals surface area contributed by atoms with E-state index in [0.29, 0.717) is 13.0 Å². The van der Waals surface area contributed by atoms with Crippen molar-refractivity contribution in [1.82, 2.24) is 4.90 Å². The van der Waals surface area contributed by atoms with E-state index in [1.54, 1.807) is 0 Å². The highest BCUT2D eigenvalue weighted by atomic mass is 16.6. The number of aliphatic hydroxyl groups is 1. The van der Waals surface area contributed by atoms with Gasteiger partial charge in [0.2, 0.25) is 0 Å². The van der Waals surface area contributed by atoms with Gasteiger partial charge >= 0.3 is 5.97 Å². The van der Waals surface area contributed by atoms with Gasteiger partial charge in [0.25, 0.3) is 0 Å². The topological polar surface area (TPSA) is 49.8 Å². The molecule has 0 rings (SSSR count). The van der Waals surface area contributed by atoms with Gasteiger partial charge in [0.1, 0.15) is 5.60 Å². The molecule has 0 radical (unpaired) electrons. The number of carbonyl (C=O) groups is 1. The molecule has 0 aliphatic rings. The highest BCUT2D eigenvalue weighted by Crippen LogP contribution is 2.23. The number of nitrogens with zero attached hydrogens (tertiary/aromatic N) is 1. The molecule has 0 aliphatic heterocycles. The van der Waals surface area contributed by atoms with Gasteiger partial charge in [-0.25, -0.2) is 0 Å². The lowest BCUT2D eigenvalue weighted by Gasteiger charge is -2.36. The van der Waals surface area contributed by atoms with Crippen molar-refractivity contribution in [1.29, 1.82) is 0 Å². The molecule has 108 valence electrons. The van der Waals surface area contributed by atoms with Crippen LogP contribution >= 0.6 is 0 Å². The molecule has 0 heterocycles. The van der Waals surface area contributed by atoms with E-state index >= 15 is 0 Å². The first-order valence-corrected chi connectivity index (χ1v) is 6.50. The van der Waals surface area contributed by atoms with Gasteiger partial charge in [0.15, 0.2) is 0 Å². The summed E-state index contributed by atoms with van der Waals surface area (Å²) in [6.45, 7) is 12.5. The Hall–Kier alpha value is -0.610. The standard InChI is InChI=1S/C14H29NO3/c1-13(2,3)11(10-16)15(7)9-8-12(17)18-14(4,5)6/h11,16H,8-10H2,1-7H3. The van der Waals surface area contributed by atoms with Gasteiger partial charge < -0.3 is 14.7 Å². The lowest BCUT2D eigenvalue weighted by Crippen LogP contribution is -2.45. The summed E-state index contributed by atoms with van der Waals surface area (Å²) in [6, 6.07) is 0.0416. The van der Waals surface area contributed by atoms with Crippen LogP contribution in [-0.2, 0) is 9.53 Å². The van der Waals surface area contributed by atoms with Crippen molar-refractivity contribution >= 4 is 5.97 Å². The summed E-state index contributed by atoms with van der Waals surface area (Å²) in [5.41, 5.74) is -0.451. The fraction of sp³-hybridized carbons (Fsp3) is 0.929. The number of hydrogen-bond donors (Lipinski definition) is 1. The molecule has 4 heteroatoms. The molecule has 1 atom stereocenters. The van der Waals surface area contributed by atoms with Crippen LogP contribution in [0.15, 0.2) is 0 Å². The molecule has 0 aromatic carbocycles. The predicted octanol–water partition coefficient (Wildman–Crippen LogP) is 2.06. The number of rotatable bonds is 5. The highest BCUT2D eigenvalue weighted by Gasteiger charge is 2.28. The van der Waals surface area contributed by atoms with E-state index in [2.05, 4.69) is 20.8 Å². The number of aliphatic hydroxyl groups excluding tert-OH is 1. The van der Waals surface area contributed by atoms with Gasteiger partial charge in [0.05, 0.1) is 13.0 Å². The molecule has 18 heavy (non-hydrogen) atoms. The molecule has 0 spiro atoms. The maximum absolute atomic E-state index is 11.6. The molecule has 0 bridgehead atoms. The van der Waals surface area contributed by atoms with Crippen LogP contribution in [0.4, 0.5) is 0 Å². The second-order valence-corrected chi connectivity index (χ2v) is 6.88. The summed E-state index contributed by atoms with van der Waals surface area (Å²) < 4.78 is 5.26. The van der Waals surface area contributed by atoms with E-state index in [-0.39, 0.29) is 24.0 Å². The van der Waals surface area contributed by atoms with Gasteiger partial charge in [-0.1, -0.05) is 20.8 Å². The van der Waals surface area contributed by atoms with Gasteiger partial charge in [-0.3, -0.25) is 4.79 Å². The molecular weight excluding hydrogens is 230 g/mol. The predicted molar refractivity (Wildman–Crippen MR) is 73.4 cm³/mol. The summed E-state index contributed by atoms with van der Waals surface area (Å²) in [7, 11) is 1.93. The van der Waals surface area contributed by atoms with Crippen molar-refractivity contribution in [3.8, 4) is 0 Å². The number of esters is 1. The third-order valence-electron chi connectivity index (χ3n) is 2.79. The summed E-state index contributed by atoms with van der Waals surface area (Å²) in [4.78, 5) is 13.6. The summed E-state index contributed by atoms with van der Waals surface area (Å²) in [5, 5.41) is 9.43. The van der Waals surface area contributed by atoms with Gasteiger partial charge in [0, 0.05) is 12.6 Å². The fourth-order valence-electron chi connectivity index (χ4n) is 1.89. The number of carbonyl (C=O) groups excluding carboxylic acids is 1. The second kappa shape index (κ2) is 6.53. The smallest absolute Gasteiger partial charge is 0.307 e. The Bertz CT molecular complexity index is 263. The summed E-state index contributed by atoms with van der Waals surface area (Å²) >= 11 is 0. The molecule has 1 unspecified atom stereocenters. The first-order chi connectivity index (χ1) is 7.97. The van der Waals surface area contributed by atoms with Crippen molar-refractivity contribution in [2.45, 2.75) is 59.6 Å². The van der Waals surface area contributed by atoms with E-state index in [0.717, 1.165) is 0 Å². The zero-order valence-corrected chi connectivity index (χ0v) is 12.9. The number of ether oxygens (including phenoxy) is 1. The highest BCUT2D eigenvalue weighted by molar-refractivity contribution is 5.70. The van der Waals surface area contributed by atoms with Crippen LogP contribution in [0.2, 0.25) is 0 Å². The molecule has 0 fully saturated rings. The van der Waals surface area contributed by atoms with Crippen LogP contribution in [0, 0.1) is 5.41 Å². The average molecular weight is 259 g/mol. The van der Waals surface area contributed by atoms with Gasteiger partial charge in [-0.15, -0.1) is 0 Å². The van der Waals surface area contributed by atoms with Crippen molar-refractivity contribution in [3.63, 3.8) is 0 Å². The van der Waals surface area contributed by atoms with E-state index in [9.17, 15) is 9.90 Å². The van der Waals surface area contributed by atoms with Gasteiger partial charge in [-0.2, -0.15) is 0 Å². The van der Waals surface area contributed by atoms with Crippen LogP contribution in [0.3, 0.4) is 0 Å². The monoisotopic (exact) mass is 259 g/mol. The normalized spacial score (nSPS) is 14.7. The SMILES string of the molecule is CN(CCC(=O)OC(C)(C)C)C(CO)C(C)(C)C. The fourth-order valence-corrected chi connectivity index (χ4v) is 1.89. The van der Waals surface area contributed by atoms with E-state index < -0.39 is 5.60 Å². The number of hydrogen-bond acceptors (Lipinski definition) is 4. The van der Waals surface area contributed by atoms with E-state index in [4.69, 9.17) is 4.74 Å². The van der Waals surface area contributed by atoms with Crippen LogP contribution in [-0.4, -0.2) is 47.8 Å². The molecule has 0 amide bonds. The third-order valence-corrected chi connectivity index (χ3v) is 2.79. The van der Waals surface area contributed by atoms with E-state index in [1.165, 1.54) is 0 Å². The molecule has 1 N–H and O–H groups in total. The molecule has 0 aliphatic carbocycles. The largest absolute Gasteiger partial charge is 0.460 e. The van der Waals surface area contributed by atoms with Crippen molar-refractivity contribution < 1.29 is 14.6 Å². The van der Waals surface area contributed by atoms with E-state index in [1.807, 2.05) is 32.7 Å². The van der Waals surface area contributed by atoms with Crippen molar-refractivity contribution in [3.05, 3.63) is 0 Å². The Morgan fingerprint density at radius 1 is 1.22 bits per heavy atom. The molecule has 4 nitrogen and oxygen atoms in total. The quantitative estimate of drug-likeness (QED) is 0.768. The summed E-state index contributed by atoms with van der Waals surface area (Å²) in [6.07, 6.45) is 0.348. The van der Waals surface area contributed by atoms with Crippen LogP contribution in [0.25, 0.3) is 0 Å². The van der Waals surface area contributed by atoms with Crippen molar-refractivity contribution in [2.75, 3.05) is 20.2 Å². The molecule has 0 aromatic heterocycles. The third kappa shape index (κ3) is 6.97. The Kier molecular flexibility index (Phi) is 6.30. The molecule has 0 saturated heterocycles. The lowest BCUT2D eigenvalue weighted by atomic mass is 9.86. The first-order valence-electron chi connectivity index (χ1n) is 6.50. The Labute approximate surface area is 111 Å². The average Bonchev–Trinajstić information content (AvgIpc) is 2.10. The minimum absolute atomic E-state index is 0.0164. The van der Waals surface area contributed by atoms with Crippen LogP contribution < -0.4 is 0 Å². The maximum atomic E-state index is 11.6. The summed E-state index contributed by atoms with van der Waals surface area (Å²) in [5.74, 6) is -0.194. The number of likely N-dealkylation sites (N-methyl/N-ethyl adjacent to an activating group) is 1. The minimum atomic E-state index is -0.434. The second-order valence-electron chi connectivity index (χ2n) is 6.88. The Morgan fingerprint density at radius 2 is 1.72 bits per heavy atom. The molecule has 0 aromatic rings. The zero-order chi connectivity index (χ0) is 14.6. The zero-order valence-electron chi connectivity index (χ0n) is 12.9. The minimum Gasteiger partial charge on any atom is -0.460 e. The molecular formula is C14H29NO3. The van der Waals surface area contributed by atoms with Crippen LogP contribution in [0.5, 0.6) is 0 Å². The maximum Gasteiger partial charge on any atom is 0.307 e. The van der Waals surface area contributed by atoms with Crippen molar-refractivity contribution in [2.24, 2.45) is 5.41 Å². The Balaban J connectivity index is 4.25. The first kappa shape index (κ1) is 17.4.